The van der Waals surface area contributed by atoms with Crippen molar-refractivity contribution < 1.29 is 14.6 Å². The molecular formula is C14H22N2O3. The van der Waals surface area contributed by atoms with Crippen LogP contribution >= 0.6 is 0 Å². The Kier molecular flexibility index (Phi) is 5.18. The van der Waals surface area contributed by atoms with E-state index in [4.69, 9.17) is 9.84 Å². The Labute approximate surface area is 114 Å². The van der Waals surface area contributed by atoms with Gasteiger partial charge in [0.25, 0.3) is 0 Å². The lowest BCUT2D eigenvalue weighted by Crippen LogP contribution is -2.43. The fourth-order valence-electron chi connectivity index (χ4n) is 1.90. The minimum Gasteiger partial charge on any atom is -0.495 e. The van der Waals surface area contributed by atoms with Crippen LogP contribution in [0.2, 0.25) is 0 Å². The van der Waals surface area contributed by atoms with Gasteiger partial charge < -0.3 is 20.1 Å². The molecular weight excluding hydrogens is 244 g/mol. The maximum absolute atomic E-state index is 11.1. The van der Waals surface area contributed by atoms with E-state index in [9.17, 15) is 4.79 Å². The molecule has 2 N–H and O–H groups in total. The average molecular weight is 266 g/mol. The Bertz CT molecular complexity index is 460. The van der Waals surface area contributed by atoms with Crippen LogP contribution in [0.5, 0.6) is 5.75 Å². The van der Waals surface area contributed by atoms with E-state index in [-0.39, 0.29) is 0 Å². The normalized spacial score (nSPS) is 12.1. The lowest BCUT2D eigenvalue weighted by atomic mass is 10.1. The molecule has 0 aliphatic carbocycles. The molecule has 0 aliphatic heterocycles. The summed E-state index contributed by atoms with van der Waals surface area (Å²) in [4.78, 5) is 12.9. The minimum atomic E-state index is -0.864. The topological polar surface area (TPSA) is 61.8 Å². The Morgan fingerprint density at radius 1 is 1.42 bits per heavy atom. The van der Waals surface area contributed by atoms with Crippen LogP contribution in [-0.4, -0.2) is 44.9 Å². The molecule has 106 valence electrons. The summed E-state index contributed by atoms with van der Waals surface area (Å²) in [5.41, 5.74) is 3.20. The van der Waals surface area contributed by atoms with Gasteiger partial charge in [-0.25, -0.2) is 0 Å². The molecule has 0 saturated heterocycles. The van der Waals surface area contributed by atoms with Gasteiger partial charge in [0.15, 0.2) is 0 Å². The molecule has 5 nitrogen and oxygen atoms in total. The molecule has 0 bridgehead atoms. The van der Waals surface area contributed by atoms with Crippen molar-refractivity contribution in [2.24, 2.45) is 0 Å². The first-order valence-corrected chi connectivity index (χ1v) is 6.17. The van der Waals surface area contributed by atoms with Gasteiger partial charge in [-0.3, -0.25) is 4.79 Å². The van der Waals surface area contributed by atoms with Gasteiger partial charge in [-0.15, -0.1) is 0 Å². The number of carboxylic acids is 1. The SMILES string of the molecule is CNC(CN(C)c1cc(C)c(C)cc1OC)C(=O)O. The van der Waals surface area contributed by atoms with Gasteiger partial charge in [-0.1, -0.05) is 0 Å². The van der Waals surface area contributed by atoms with Crippen LogP contribution in [-0.2, 0) is 4.79 Å². The first-order valence-electron chi connectivity index (χ1n) is 6.17. The number of methoxy groups -OCH3 is 1. The summed E-state index contributed by atoms with van der Waals surface area (Å²) in [5, 5.41) is 11.9. The van der Waals surface area contributed by atoms with Crippen molar-refractivity contribution in [3.05, 3.63) is 23.3 Å². The zero-order valence-corrected chi connectivity index (χ0v) is 12.2. The molecule has 5 heteroatoms. The third-order valence-corrected chi connectivity index (χ3v) is 3.31. The zero-order chi connectivity index (χ0) is 14.6. The van der Waals surface area contributed by atoms with E-state index in [1.807, 2.05) is 37.9 Å². The van der Waals surface area contributed by atoms with Crippen LogP contribution in [0.3, 0.4) is 0 Å². The summed E-state index contributed by atoms with van der Waals surface area (Å²) in [6, 6.07) is 3.37. The summed E-state index contributed by atoms with van der Waals surface area (Å²) in [6.45, 7) is 4.42. The van der Waals surface area contributed by atoms with Crippen molar-refractivity contribution in [3.8, 4) is 5.75 Å². The number of likely N-dealkylation sites (N-methyl/N-ethyl adjacent to an activating group) is 2. The van der Waals surface area contributed by atoms with Crippen LogP contribution < -0.4 is 15.0 Å². The molecule has 1 atom stereocenters. The van der Waals surface area contributed by atoms with E-state index < -0.39 is 12.0 Å². The number of carbonyl (C=O) groups is 1. The third-order valence-electron chi connectivity index (χ3n) is 3.31. The van der Waals surface area contributed by atoms with Crippen molar-refractivity contribution in [2.75, 3.05) is 32.6 Å². The van der Waals surface area contributed by atoms with Crippen LogP contribution in [0, 0.1) is 13.8 Å². The van der Waals surface area contributed by atoms with Crippen LogP contribution in [0.15, 0.2) is 12.1 Å². The summed E-state index contributed by atoms with van der Waals surface area (Å²) in [6.07, 6.45) is 0. The monoisotopic (exact) mass is 266 g/mol. The highest BCUT2D eigenvalue weighted by atomic mass is 16.5. The zero-order valence-electron chi connectivity index (χ0n) is 12.2. The summed E-state index contributed by atoms with van der Waals surface area (Å²) in [7, 11) is 5.12. The van der Waals surface area contributed by atoms with Crippen LogP contribution in [0.1, 0.15) is 11.1 Å². The summed E-state index contributed by atoms with van der Waals surface area (Å²) in [5.74, 6) is -0.108. The highest BCUT2D eigenvalue weighted by molar-refractivity contribution is 5.75. The lowest BCUT2D eigenvalue weighted by Gasteiger charge is -2.25. The standard InChI is InChI=1S/C14H22N2O3/c1-9-6-12(13(19-5)7-10(9)2)16(4)8-11(15-3)14(17)18/h6-7,11,15H,8H2,1-5H3,(H,17,18). The van der Waals surface area contributed by atoms with E-state index in [1.54, 1.807) is 14.2 Å². The molecule has 1 unspecified atom stereocenters. The number of nitrogens with zero attached hydrogens (tertiary/aromatic N) is 1. The number of hydrogen-bond donors (Lipinski definition) is 2. The maximum Gasteiger partial charge on any atom is 0.322 e. The smallest absolute Gasteiger partial charge is 0.322 e. The van der Waals surface area contributed by atoms with Crippen molar-refractivity contribution in [3.63, 3.8) is 0 Å². The van der Waals surface area contributed by atoms with E-state index in [1.165, 1.54) is 0 Å². The van der Waals surface area contributed by atoms with Crippen LogP contribution in [0.4, 0.5) is 5.69 Å². The first-order chi connectivity index (χ1) is 8.90. The van der Waals surface area contributed by atoms with Gasteiger partial charge in [0.1, 0.15) is 11.8 Å². The first kappa shape index (κ1) is 15.3. The average Bonchev–Trinajstić information content (AvgIpc) is 2.37. The number of rotatable bonds is 6. The third kappa shape index (κ3) is 3.61. The Morgan fingerprint density at radius 2 is 2.00 bits per heavy atom. The van der Waals surface area contributed by atoms with Crippen LogP contribution in [0.25, 0.3) is 0 Å². The fourth-order valence-corrected chi connectivity index (χ4v) is 1.90. The van der Waals surface area contributed by atoms with E-state index in [0.717, 1.165) is 22.6 Å². The molecule has 0 aliphatic rings. The molecule has 1 rings (SSSR count). The minimum absolute atomic E-state index is 0.366. The van der Waals surface area contributed by atoms with Gasteiger partial charge in [0.05, 0.1) is 12.8 Å². The van der Waals surface area contributed by atoms with E-state index in [2.05, 4.69) is 5.32 Å². The summed E-state index contributed by atoms with van der Waals surface area (Å²) < 4.78 is 5.37. The van der Waals surface area contributed by atoms with Gasteiger partial charge >= 0.3 is 5.97 Å². The number of anilines is 1. The number of hydrogen-bond acceptors (Lipinski definition) is 4. The number of aryl methyl sites for hydroxylation is 2. The number of benzene rings is 1. The second-order valence-electron chi connectivity index (χ2n) is 4.67. The quantitative estimate of drug-likeness (QED) is 0.815. The molecule has 0 amide bonds. The molecule has 0 fully saturated rings. The molecule has 1 aromatic rings. The number of ether oxygens (including phenoxy) is 1. The molecule has 0 radical (unpaired) electrons. The lowest BCUT2D eigenvalue weighted by molar-refractivity contribution is -0.139. The molecule has 0 saturated carbocycles. The fraction of sp³-hybridized carbons (Fsp3) is 0.500. The predicted molar refractivity (Wildman–Crippen MR) is 76.2 cm³/mol. The number of nitrogens with one attached hydrogen (secondary N) is 1. The molecule has 1 aromatic carbocycles. The van der Waals surface area contributed by atoms with Gasteiger partial charge in [-0.2, -0.15) is 0 Å². The number of carboxylic acid groups (broad SMARTS) is 1. The highest BCUT2D eigenvalue weighted by Crippen LogP contribution is 2.30. The highest BCUT2D eigenvalue weighted by Gasteiger charge is 2.19. The second kappa shape index (κ2) is 6.43. The van der Waals surface area contributed by atoms with E-state index >= 15 is 0 Å². The van der Waals surface area contributed by atoms with Gasteiger partial charge in [0, 0.05) is 13.6 Å². The maximum atomic E-state index is 11.1. The molecule has 0 heterocycles. The largest absolute Gasteiger partial charge is 0.495 e. The van der Waals surface area contributed by atoms with Crippen molar-refractivity contribution in [1.82, 2.24) is 5.32 Å². The van der Waals surface area contributed by atoms with Gasteiger partial charge in [-0.05, 0) is 44.2 Å². The van der Waals surface area contributed by atoms with Crippen molar-refractivity contribution >= 4 is 11.7 Å². The second-order valence-corrected chi connectivity index (χ2v) is 4.67. The molecule has 0 spiro atoms. The Hall–Kier alpha value is -1.75. The Balaban J connectivity index is 3.01. The summed E-state index contributed by atoms with van der Waals surface area (Å²) >= 11 is 0. The molecule has 0 aromatic heterocycles. The Morgan fingerprint density at radius 3 is 2.47 bits per heavy atom. The van der Waals surface area contributed by atoms with Gasteiger partial charge in [0.2, 0.25) is 0 Å². The predicted octanol–water partition coefficient (Wildman–Crippen LogP) is 1.42. The molecule has 19 heavy (non-hydrogen) atoms. The van der Waals surface area contributed by atoms with Crippen molar-refractivity contribution in [1.29, 1.82) is 0 Å². The van der Waals surface area contributed by atoms with Crippen molar-refractivity contribution in [2.45, 2.75) is 19.9 Å². The number of aliphatic carboxylic acids is 1. The van der Waals surface area contributed by atoms with E-state index in [0.29, 0.717) is 6.54 Å².